The van der Waals surface area contributed by atoms with Crippen molar-refractivity contribution in [2.75, 3.05) is 7.11 Å². The second-order valence-electron chi connectivity index (χ2n) is 3.17. The summed E-state index contributed by atoms with van der Waals surface area (Å²) in [5.41, 5.74) is 0.657. The van der Waals surface area contributed by atoms with E-state index in [1.807, 2.05) is 0 Å². The van der Waals surface area contributed by atoms with Crippen molar-refractivity contribution in [2.24, 2.45) is 0 Å². The highest BCUT2D eigenvalue weighted by atomic mass is 35.5. The fourth-order valence-electron chi connectivity index (χ4n) is 1.28. The first kappa shape index (κ1) is 12.9. The first-order chi connectivity index (χ1) is 7.45. The summed E-state index contributed by atoms with van der Waals surface area (Å²) in [5.74, 6) is -0.633. The highest BCUT2D eigenvalue weighted by Crippen LogP contribution is 2.33. The molecule has 0 atom stereocenters. The molecule has 5 heteroatoms. The summed E-state index contributed by atoms with van der Waals surface area (Å²) >= 11 is 11.7. The molecule has 0 aromatic heterocycles. The molecule has 0 amide bonds. The normalized spacial score (nSPS) is 9.94. The van der Waals surface area contributed by atoms with Gasteiger partial charge < -0.3 is 9.84 Å². The zero-order valence-electron chi connectivity index (χ0n) is 8.59. The van der Waals surface area contributed by atoms with E-state index in [-0.39, 0.29) is 12.0 Å². The van der Waals surface area contributed by atoms with Crippen LogP contribution in [0.1, 0.15) is 5.56 Å². The topological polar surface area (TPSA) is 46.5 Å². The van der Waals surface area contributed by atoms with E-state index in [2.05, 4.69) is 6.58 Å². The summed E-state index contributed by atoms with van der Waals surface area (Å²) in [4.78, 5) is 10.7. The van der Waals surface area contributed by atoms with Crippen LogP contribution in [0.4, 0.5) is 0 Å². The Labute approximate surface area is 103 Å². The fraction of sp³-hybridized carbons (Fsp3) is 0.182. The molecule has 0 spiro atoms. The molecule has 1 rings (SSSR count). The molecule has 0 aliphatic rings. The van der Waals surface area contributed by atoms with E-state index >= 15 is 0 Å². The third kappa shape index (κ3) is 2.90. The predicted molar refractivity (Wildman–Crippen MR) is 63.5 cm³/mol. The van der Waals surface area contributed by atoms with Gasteiger partial charge in [0.1, 0.15) is 5.75 Å². The number of halogens is 2. The van der Waals surface area contributed by atoms with Gasteiger partial charge in [-0.25, -0.2) is 4.79 Å². The summed E-state index contributed by atoms with van der Waals surface area (Å²) in [6.45, 7) is 3.44. The molecule has 0 saturated carbocycles. The van der Waals surface area contributed by atoms with Crippen molar-refractivity contribution in [3.8, 4) is 5.75 Å². The molecule has 1 N–H and O–H groups in total. The predicted octanol–water partition coefficient (Wildman–Crippen LogP) is 3.19. The van der Waals surface area contributed by atoms with Crippen molar-refractivity contribution in [1.29, 1.82) is 0 Å². The molecule has 86 valence electrons. The van der Waals surface area contributed by atoms with Crippen molar-refractivity contribution in [3.63, 3.8) is 0 Å². The number of ether oxygens (including phenoxy) is 1. The highest BCUT2D eigenvalue weighted by molar-refractivity contribution is 6.35. The van der Waals surface area contributed by atoms with E-state index in [4.69, 9.17) is 33.0 Å². The summed E-state index contributed by atoms with van der Waals surface area (Å²) < 4.78 is 5.09. The number of methoxy groups -OCH3 is 1. The average Bonchev–Trinajstić information content (AvgIpc) is 2.16. The number of carboxylic acids is 1. The van der Waals surface area contributed by atoms with Crippen molar-refractivity contribution in [3.05, 3.63) is 39.9 Å². The quantitative estimate of drug-likeness (QED) is 0.846. The van der Waals surface area contributed by atoms with E-state index in [1.54, 1.807) is 6.07 Å². The van der Waals surface area contributed by atoms with Crippen LogP contribution in [-0.4, -0.2) is 18.2 Å². The molecule has 0 fully saturated rings. The summed E-state index contributed by atoms with van der Waals surface area (Å²) in [5, 5.41) is 9.52. The van der Waals surface area contributed by atoms with E-state index in [0.717, 1.165) is 0 Å². The molecule has 0 radical (unpaired) electrons. The molecule has 16 heavy (non-hydrogen) atoms. The summed E-state index contributed by atoms with van der Waals surface area (Å²) in [6.07, 6.45) is 0.138. The van der Waals surface area contributed by atoms with E-state index in [9.17, 15) is 4.79 Å². The Morgan fingerprint density at radius 1 is 1.50 bits per heavy atom. The van der Waals surface area contributed by atoms with Crippen molar-refractivity contribution >= 4 is 29.2 Å². The number of rotatable bonds is 4. The lowest BCUT2D eigenvalue weighted by Gasteiger charge is -2.10. The Kier molecular flexibility index (Phi) is 4.21. The Morgan fingerprint density at radius 2 is 2.12 bits per heavy atom. The third-order valence-corrected chi connectivity index (χ3v) is 2.49. The van der Waals surface area contributed by atoms with Gasteiger partial charge in [0.25, 0.3) is 0 Å². The molecule has 3 nitrogen and oxygen atoms in total. The minimum absolute atomic E-state index is 0.0524. The van der Waals surface area contributed by atoms with Crippen molar-refractivity contribution in [1.82, 2.24) is 0 Å². The van der Waals surface area contributed by atoms with Gasteiger partial charge in [-0.1, -0.05) is 29.8 Å². The van der Waals surface area contributed by atoms with Crippen molar-refractivity contribution in [2.45, 2.75) is 6.42 Å². The second-order valence-corrected chi connectivity index (χ2v) is 4.01. The number of hydrogen-bond donors (Lipinski definition) is 1. The Balaban J connectivity index is 3.12. The highest BCUT2D eigenvalue weighted by Gasteiger charge is 2.13. The largest absolute Gasteiger partial charge is 0.495 e. The standard InChI is InChI=1S/C11H10Cl2O3/c1-6(11(14)15)3-7-4-8(12)5-9(13)10(7)16-2/h4-5H,1,3H2,2H3,(H,14,15). The molecular weight excluding hydrogens is 251 g/mol. The SMILES string of the molecule is C=C(Cc1cc(Cl)cc(Cl)c1OC)C(=O)O. The molecular formula is C11H10Cl2O3. The molecule has 1 aromatic rings. The van der Waals surface area contributed by atoms with Crippen LogP contribution in [0, 0.1) is 0 Å². The van der Waals surface area contributed by atoms with E-state index < -0.39 is 5.97 Å². The van der Waals surface area contributed by atoms with Crippen LogP contribution in [0.15, 0.2) is 24.3 Å². The van der Waals surface area contributed by atoms with Crippen LogP contribution in [0.5, 0.6) is 5.75 Å². The molecule has 0 heterocycles. The van der Waals surface area contributed by atoms with Crippen LogP contribution >= 0.6 is 23.2 Å². The second kappa shape index (κ2) is 5.23. The Hall–Kier alpha value is -1.19. The zero-order valence-corrected chi connectivity index (χ0v) is 10.1. The summed E-state index contributed by atoms with van der Waals surface area (Å²) in [6, 6.07) is 3.15. The Bertz CT molecular complexity index is 441. The number of hydrogen-bond acceptors (Lipinski definition) is 2. The van der Waals surface area contributed by atoms with E-state index in [1.165, 1.54) is 13.2 Å². The van der Waals surface area contributed by atoms with Crippen LogP contribution in [-0.2, 0) is 11.2 Å². The van der Waals surface area contributed by atoms with Gasteiger partial charge in [-0.15, -0.1) is 0 Å². The molecule has 0 bridgehead atoms. The summed E-state index contributed by atoms with van der Waals surface area (Å²) in [7, 11) is 1.46. The van der Waals surface area contributed by atoms with Crippen LogP contribution < -0.4 is 4.74 Å². The van der Waals surface area contributed by atoms with Gasteiger partial charge in [-0.2, -0.15) is 0 Å². The minimum Gasteiger partial charge on any atom is -0.495 e. The van der Waals surface area contributed by atoms with Gasteiger partial charge in [0.05, 0.1) is 12.1 Å². The lowest BCUT2D eigenvalue weighted by atomic mass is 10.1. The van der Waals surface area contributed by atoms with Gasteiger partial charge in [0.15, 0.2) is 0 Å². The minimum atomic E-state index is -1.06. The van der Waals surface area contributed by atoms with Gasteiger partial charge >= 0.3 is 5.97 Å². The molecule has 0 saturated heterocycles. The third-order valence-electron chi connectivity index (χ3n) is 2.00. The first-order valence-electron chi connectivity index (χ1n) is 4.38. The molecule has 0 aliphatic carbocycles. The number of benzene rings is 1. The number of carbonyl (C=O) groups is 1. The lowest BCUT2D eigenvalue weighted by molar-refractivity contribution is -0.132. The maximum Gasteiger partial charge on any atom is 0.331 e. The van der Waals surface area contributed by atoms with Crippen molar-refractivity contribution < 1.29 is 14.6 Å². The van der Waals surface area contributed by atoms with Gasteiger partial charge in [0, 0.05) is 22.6 Å². The smallest absolute Gasteiger partial charge is 0.331 e. The average molecular weight is 261 g/mol. The monoisotopic (exact) mass is 260 g/mol. The number of carboxylic acid groups (broad SMARTS) is 1. The zero-order chi connectivity index (χ0) is 12.3. The Morgan fingerprint density at radius 3 is 2.62 bits per heavy atom. The van der Waals surface area contributed by atoms with Gasteiger partial charge in [0.2, 0.25) is 0 Å². The molecule has 1 aromatic carbocycles. The van der Waals surface area contributed by atoms with Gasteiger partial charge in [-0.3, -0.25) is 0 Å². The van der Waals surface area contributed by atoms with E-state index in [0.29, 0.717) is 21.4 Å². The fourth-order valence-corrected chi connectivity index (χ4v) is 1.89. The van der Waals surface area contributed by atoms with Crippen LogP contribution in [0.25, 0.3) is 0 Å². The van der Waals surface area contributed by atoms with Gasteiger partial charge in [-0.05, 0) is 12.1 Å². The maximum atomic E-state index is 10.7. The number of aliphatic carboxylic acids is 1. The molecule has 0 aliphatic heterocycles. The molecule has 0 unspecified atom stereocenters. The lowest BCUT2D eigenvalue weighted by Crippen LogP contribution is -2.03. The first-order valence-corrected chi connectivity index (χ1v) is 5.14. The maximum absolute atomic E-state index is 10.7. The van der Waals surface area contributed by atoms with Crippen LogP contribution in [0.3, 0.4) is 0 Å². The van der Waals surface area contributed by atoms with Crippen LogP contribution in [0.2, 0.25) is 10.0 Å².